The number of rotatable bonds is 4. The van der Waals surface area contributed by atoms with Gasteiger partial charge in [-0.1, -0.05) is 41.9 Å². The fourth-order valence-electron chi connectivity index (χ4n) is 3.72. The van der Waals surface area contributed by atoms with E-state index in [4.69, 9.17) is 4.52 Å². The van der Waals surface area contributed by atoms with Gasteiger partial charge >= 0.3 is 0 Å². The average Bonchev–Trinajstić information content (AvgIpc) is 3.24. The molecule has 3 aromatic rings. The zero-order valence-corrected chi connectivity index (χ0v) is 14.8. The van der Waals surface area contributed by atoms with Crippen LogP contribution in [0.5, 0.6) is 0 Å². The molecule has 4 rings (SSSR count). The molecule has 0 spiro atoms. The molecule has 1 aliphatic heterocycles. The van der Waals surface area contributed by atoms with E-state index in [2.05, 4.69) is 57.5 Å². The lowest BCUT2D eigenvalue weighted by Crippen LogP contribution is -2.33. The summed E-state index contributed by atoms with van der Waals surface area (Å²) in [7, 11) is 0. The van der Waals surface area contributed by atoms with Gasteiger partial charge in [-0.2, -0.15) is 5.10 Å². The summed E-state index contributed by atoms with van der Waals surface area (Å²) in [6.45, 7) is 6.09. The number of H-pyrrole nitrogens is 1. The third kappa shape index (κ3) is 3.12. The highest BCUT2D eigenvalue weighted by Gasteiger charge is 2.29. The normalized spacial score (nSPS) is 18.6. The van der Waals surface area contributed by atoms with E-state index in [1.807, 2.05) is 13.1 Å². The zero-order valence-electron chi connectivity index (χ0n) is 14.8. The van der Waals surface area contributed by atoms with Crippen molar-refractivity contribution in [3.63, 3.8) is 0 Å². The Morgan fingerprint density at radius 3 is 2.80 bits per heavy atom. The summed E-state index contributed by atoms with van der Waals surface area (Å²) in [6, 6.07) is 11.0. The van der Waals surface area contributed by atoms with Crippen molar-refractivity contribution in [3.8, 4) is 11.3 Å². The molecule has 0 bridgehead atoms. The fourth-order valence-corrected chi connectivity index (χ4v) is 3.72. The van der Waals surface area contributed by atoms with Crippen LogP contribution in [0, 0.1) is 13.8 Å². The van der Waals surface area contributed by atoms with Gasteiger partial charge in [0.15, 0.2) is 5.76 Å². The van der Waals surface area contributed by atoms with Crippen LogP contribution in [-0.2, 0) is 6.54 Å². The van der Waals surface area contributed by atoms with Crippen molar-refractivity contribution < 1.29 is 4.52 Å². The summed E-state index contributed by atoms with van der Waals surface area (Å²) in [5.74, 6) is 0.839. The molecule has 2 aromatic heterocycles. The highest BCUT2D eigenvalue weighted by molar-refractivity contribution is 5.64. The molecule has 1 atom stereocenters. The Kier molecular flexibility index (Phi) is 4.40. The van der Waals surface area contributed by atoms with Crippen molar-refractivity contribution >= 4 is 0 Å². The van der Waals surface area contributed by atoms with Crippen LogP contribution in [0.25, 0.3) is 11.3 Å². The SMILES string of the molecule is Cc1noc(-c2cn[nH]c2[C@H]2CCCCN2Cc2ccccc2)c1C. The Morgan fingerprint density at radius 2 is 2.04 bits per heavy atom. The number of aromatic nitrogens is 3. The van der Waals surface area contributed by atoms with Gasteiger partial charge in [0.25, 0.3) is 0 Å². The molecule has 1 fully saturated rings. The Bertz CT molecular complexity index is 837. The summed E-state index contributed by atoms with van der Waals surface area (Å²) in [6.07, 6.45) is 5.49. The summed E-state index contributed by atoms with van der Waals surface area (Å²) in [5, 5.41) is 11.7. The molecular formula is C20H24N4O. The molecule has 5 nitrogen and oxygen atoms in total. The lowest BCUT2D eigenvalue weighted by Gasteiger charge is -2.35. The largest absolute Gasteiger partial charge is 0.356 e. The summed E-state index contributed by atoms with van der Waals surface area (Å²) in [5.41, 5.74) is 5.57. The molecule has 0 aliphatic carbocycles. The molecule has 3 heterocycles. The molecule has 0 amide bonds. The van der Waals surface area contributed by atoms with Crippen LogP contribution >= 0.6 is 0 Å². The number of likely N-dealkylation sites (tertiary alicyclic amines) is 1. The van der Waals surface area contributed by atoms with Gasteiger partial charge in [0, 0.05) is 12.1 Å². The first-order valence-electron chi connectivity index (χ1n) is 8.98. The Balaban J connectivity index is 1.66. The second-order valence-corrected chi connectivity index (χ2v) is 6.89. The summed E-state index contributed by atoms with van der Waals surface area (Å²) >= 11 is 0. The first kappa shape index (κ1) is 16.1. The van der Waals surface area contributed by atoms with E-state index >= 15 is 0 Å². The monoisotopic (exact) mass is 336 g/mol. The zero-order chi connectivity index (χ0) is 17.2. The first-order chi connectivity index (χ1) is 12.2. The van der Waals surface area contributed by atoms with Crippen molar-refractivity contribution in [2.75, 3.05) is 6.54 Å². The van der Waals surface area contributed by atoms with Gasteiger partial charge in [0.1, 0.15) is 0 Å². The maximum absolute atomic E-state index is 5.60. The Morgan fingerprint density at radius 1 is 1.20 bits per heavy atom. The number of hydrogen-bond acceptors (Lipinski definition) is 4. The number of aromatic amines is 1. The summed E-state index contributed by atoms with van der Waals surface area (Å²) in [4.78, 5) is 2.55. The second kappa shape index (κ2) is 6.84. The highest BCUT2D eigenvalue weighted by Crippen LogP contribution is 2.37. The van der Waals surface area contributed by atoms with Crippen LogP contribution in [0.4, 0.5) is 0 Å². The Hall–Kier alpha value is -2.40. The van der Waals surface area contributed by atoms with E-state index in [-0.39, 0.29) is 0 Å². The van der Waals surface area contributed by atoms with Crippen LogP contribution in [0.1, 0.15) is 47.8 Å². The number of hydrogen-bond donors (Lipinski definition) is 1. The van der Waals surface area contributed by atoms with Crippen LogP contribution < -0.4 is 0 Å². The predicted molar refractivity (Wildman–Crippen MR) is 97.0 cm³/mol. The standard InChI is InChI=1S/C20H24N4O/c1-14-15(2)23-25-20(14)17-12-21-22-19(17)18-10-6-7-11-24(18)13-16-8-4-3-5-9-16/h3-5,8-9,12,18H,6-7,10-11,13H2,1-2H3,(H,21,22)/t18-/m1/s1. The molecule has 25 heavy (non-hydrogen) atoms. The van der Waals surface area contributed by atoms with E-state index in [1.165, 1.54) is 18.4 Å². The minimum atomic E-state index is 0.330. The average molecular weight is 336 g/mol. The number of nitrogens with zero attached hydrogens (tertiary/aromatic N) is 3. The number of aryl methyl sites for hydroxylation is 1. The van der Waals surface area contributed by atoms with Gasteiger partial charge < -0.3 is 4.52 Å². The smallest absolute Gasteiger partial charge is 0.173 e. The lowest BCUT2D eigenvalue weighted by molar-refractivity contribution is 0.137. The number of nitrogens with one attached hydrogen (secondary N) is 1. The predicted octanol–water partition coefficient (Wildman–Crippen LogP) is 4.41. The molecule has 0 saturated carbocycles. The van der Waals surface area contributed by atoms with Crippen molar-refractivity contribution in [2.45, 2.75) is 45.7 Å². The van der Waals surface area contributed by atoms with Crippen molar-refractivity contribution in [1.29, 1.82) is 0 Å². The van der Waals surface area contributed by atoms with Crippen molar-refractivity contribution in [1.82, 2.24) is 20.3 Å². The molecular weight excluding hydrogens is 312 g/mol. The van der Waals surface area contributed by atoms with Gasteiger partial charge in [-0.15, -0.1) is 0 Å². The van der Waals surface area contributed by atoms with Gasteiger partial charge in [-0.3, -0.25) is 10.00 Å². The number of benzene rings is 1. The molecule has 1 N–H and O–H groups in total. The van der Waals surface area contributed by atoms with E-state index in [1.54, 1.807) is 0 Å². The molecule has 1 aliphatic rings. The fraction of sp³-hybridized carbons (Fsp3) is 0.400. The minimum absolute atomic E-state index is 0.330. The second-order valence-electron chi connectivity index (χ2n) is 6.89. The minimum Gasteiger partial charge on any atom is -0.356 e. The van der Waals surface area contributed by atoms with Crippen LogP contribution in [0.15, 0.2) is 41.1 Å². The third-order valence-corrected chi connectivity index (χ3v) is 5.25. The van der Waals surface area contributed by atoms with E-state index in [0.717, 1.165) is 47.8 Å². The molecule has 1 aromatic carbocycles. The third-order valence-electron chi connectivity index (χ3n) is 5.25. The van der Waals surface area contributed by atoms with Gasteiger partial charge in [0.2, 0.25) is 0 Å². The van der Waals surface area contributed by atoms with Crippen molar-refractivity contribution in [2.24, 2.45) is 0 Å². The Labute approximate surface area is 148 Å². The van der Waals surface area contributed by atoms with Crippen LogP contribution in [-0.4, -0.2) is 26.8 Å². The molecule has 0 radical (unpaired) electrons. The maximum Gasteiger partial charge on any atom is 0.173 e. The number of piperidine rings is 1. The maximum atomic E-state index is 5.60. The molecule has 130 valence electrons. The van der Waals surface area contributed by atoms with Crippen LogP contribution in [0.2, 0.25) is 0 Å². The van der Waals surface area contributed by atoms with Crippen LogP contribution in [0.3, 0.4) is 0 Å². The quantitative estimate of drug-likeness (QED) is 0.767. The first-order valence-corrected chi connectivity index (χ1v) is 8.98. The van der Waals surface area contributed by atoms with Gasteiger partial charge in [-0.25, -0.2) is 0 Å². The van der Waals surface area contributed by atoms with Gasteiger partial charge in [-0.05, 0) is 38.8 Å². The lowest BCUT2D eigenvalue weighted by atomic mass is 9.95. The molecule has 1 saturated heterocycles. The summed E-state index contributed by atoms with van der Waals surface area (Å²) < 4.78 is 5.60. The van der Waals surface area contributed by atoms with E-state index in [0.29, 0.717) is 6.04 Å². The topological polar surface area (TPSA) is 58.0 Å². The van der Waals surface area contributed by atoms with Crippen molar-refractivity contribution in [3.05, 3.63) is 59.0 Å². The van der Waals surface area contributed by atoms with E-state index < -0.39 is 0 Å². The van der Waals surface area contributed by atoms with E-state index in [9.17, 15) is 0 Å². The van der Waals surface area contributed by atoms with Gasteiger partial charge in [0.05, 0.1) is 29.2 Å². The molecule has 0 unspecified atom stereocenters. The highest BCUT2D eigenvalue weighted by atomic mass is 16.5. The molecule has 5 heteroatoms.